The van der Waals surface area contributed by atoms with Gasteiger partial charge in [-0.2, -0.15) is 0 Å². The number of hydrogen-bond acceptors (Lipinski definition) is 6. The van der Waals surface area contributed by atoms with Crippen LogP contribution >= 0.6 is 11.3 Å². The summed E-state index contributed by atoms with van der Waals surface area (Å²) in [6, 6.07) is 7.27. The molecule has 1 aromatic carbocycles. The van der Waals surface area contributed by atoms with E-state index in [1.807, 2.05) is 0 Å². The molecule has 0 saturated heterocycles. The number of methoxy groups -OCH3 is 1. The molecule has 0 aliphatic heterocycles. The Morgan fingerprint density at radius 2 is 1.87 bits per heavy atom. The van der Waals surface area contributed by atoms with Gasteiger partial charge in [-0.25, -0.2) is 4.98 Å². The number of amides is 3. The molecule has 0 radical (unpaired) electrons. The molecule has 0 spiro atoms. The van der Waals surface area contributed by atoms with Gasteiger partial charge < -0.3 is 20.3 Å². The minimum atomic E-state index is -0.299. The number of carbonyl (C=O) groups is 3. The fourth-order valence-electron chi connectivity index (χ4n) is 3.08. The summed E-state index contributed by atoms with van der Waals surface area (Å²) >= 11 is 1.27. The lowest BCUT2D eigenvalue weighted by atomic mass is 10.2. The molecule has 0 unspecified atom stereocenters. The minimum absolute atomic E-state index is 0.0351. The molecule has 3 amide bonds. The number of carbonyl (C=O) groups excluding carboxylic acids is 3. The number of benzene rings is 1. The molecule has 2 aromatic rings. The molecule has 1 aromatic heterocycles. The van der Waals surface area contributed by atoms with Crippen molar-refractivity contribution in [3.05, 3.63) is 40.9 Å². The van der Waals surface area contributed by atoms with Gasteiger partial charge in [-0.1, -0.05) is 0 Å². The van der Waals surface area contributed by atoms with E-state index in [2.05, 4.69) is 15.6 Å². The van der Waals surface area contributed by atoms with Crippen LogP contribution in [0.5, 0.6) is 5.75 Å². The highest BCUT2D eigenvalue weighted by Gasteiger charge is 2.34. The molecule has 158 valence electrons. The monoisotopic (exact) mass is 428 g/mol. The summed E-state index contributed by atoms with van der Waals surface area (Å²) in [7, 11) is 1.57. The van der Waals surface area contributed by atoms with E-state index in [0.717, 1.165) is 25.7 Å². The van der Waals surface area contributed by atoms with E-state index >= 15 is 0 Å². The number of hydrogen-bond donors (Lipinski definition) is 2. The van der Waals surface area contributed by atoms with Gasteiger partial charge in [0.2, 0.25) is 11.8 Å². The summed E-state index contributed by atoms with van der Waals surface area (Å²) in [5.74, 6) is 0.150. The number of anilines is 1. The Morgan fingerprint density at radius 3 is 2.50 bits per heavy atom. The first kappa shape index (κ1) is 20.3. The highest BCUT2D eigenvalue weighted by molar-refractivity contribution is 7.13. The van der Waals surface area contributed by atoms with Crippen LogP contribution in [-0.2, 0) is 16.0 Å². The normalized spacial score (nSPS) is 15.4. The zero-order valence-corrected chi connectivity index (χ0v) is 17.5. The van der Waals surface area contributed by atoms with Gasteiger partial charge in [-0.05, 0) is 49.9 Å². The maximum Gasteiger partial charge on any atom is 0.254 e. The molecule has 30 heavy (non-hydrogen) atoms. The highest BCUT2D eigenvalue weighted by atomic mass is 32.1. The standard InChI is InChI=1S/C21H24N4O4S/c1-29-17-8-2-13(3-9-17)20(28)25(16-6-7-16)11-19(27)24-21-23-15(12-30-21)10-18(26)22-14-4-5-14/h2-3,8-9,12,14,16H,4-7,10-11H2,1H3,(H,22,26)(H,23,24,27). The van der Waals surface area contributed by atoms with Gasteiger partial charge in [-0.3, -0.25) is 14.4 Å². The Kier molecular flexibility index (Phi) is 5.98. The Morgan fingerprint density at radius 1 is 1.13 bits per heavy atom. The van der Waals surface area contributed by atoms with Gasteiger partial charge in [-0.15, -0.1) is 11.3 Å². The Hall–Kier alpha value is -2.94. The van der Waals surface area contributed by atoms with E-state index in [0.29, 0.717) is 28.2 Å². The first-order chi connectivity index (χ1) is 14.5. The maximum absolute atomic E-state index is 12.9. The molecule has 2 fully saturated rings. The number of aromatic nitrogens is 1. The van der Waals surface area contributed by atoms with Crippen LogP contribution in [0, 0.1) is 0 Å². The third-order valence-corrected chi connectivity index (χ3v) is 5.79. The molecule has 0 atom stereocenters. The zero-order chi connectivity index (χ0) is 21.1. The van der Waals surface area contributed by atoms with Crippen LogP contribution < -0.4 is 15.4 Å². The zero-order valence-electron chi connectivity index (χ0n) is 16.7. The molecule has 4 rings (SSSR count). The second-order valence-corrected chi connectivity index (χ2v) is 8.46. The van der Waals surface area contributed by atoms with Gasteiger partial charge >= 0.3 is 0 Å². The summed E-state index contributed by atoms with van der Waals surface area (Å²) in [5, 5.41) is 7.87. The number of ether oxygens (including phenoxy) is 1. The van der Waals surface area contributed by atoms with E-state index < -0.39 is 0 Å². The first-order valence-electron chi connectivity index (χ1n) is 10.0. The van der Waals surface area contributed by atoms with Crippen LogP contribution in [0.25, 0.3) is 0 Å². The van der Waals surface area contributed by atoms with E-state index in [1.54, 1.807) is 41.7 Å². The van der Waals surface area contributed by atoms with Crippen molar-refractivity contribution >= 4 is 34.2 Å². The summed E-state index contributed by atoms with van der Waals surface area (Å²) in [5.41, 5.74) is 1.15. The molecular formula is C21H24N4O4S. The van der Waals surface area contributed by atoms with Crippen molar-refractivity contribution < 1.29 is 19.1 Å². The average Bonchev–Trinajstić information content (AvgIpc) is 3.66. The highest BCUT2D eigenvalue weighted by Crippen LogP contribution is 2.28. The summed E-state index contributed by atoms with van der Waals surface area (Å²) < 4.78 is 5.13. The van der Waals surface area contributed by atoms with Crippen molar-refractivity contribution in [2.45, 2.75) is 44.2 Å². The average molecular weight is 429 g/mol. The lowest BCUT2D eigenvalue weighted by Gasteiger charge is -2.21. The van der Waals surface area contributed by atoms with Crippen molar-refractivity contribution in [2.75, 3.05) is 19.0 Å². The predicted octanol–water partition coefficient (Wildman–Crippen LogP) is 2.22. The molecular weight excluding hydrogens is 404 g/mol. The maximum atomic E-state index is 12.9. The van der Waals surface area contributed by atoms with Crippen LogP contribution in [0.15, 0.2) is 29.6 Å². The fraction of sp³-hybridized carbons (Fsp3) is 0.429. The van der Waals surface area contributed by atoms with Crippen molar-refractivity contribution in [1.29, 1.82) is 0 Å². The molecule has 1 heterocycles. The van der Waals surface area contributed by atoms with Gasteiger partial charge in [0.05, 0.1) is 19.2 Å². The van der Waals surface area contributed by atoms with Crippen molar-refractivity contribution in [3.8, 4) is 5.75 Å². The molecule has 2 N–H and O–H groups in total. The quantitative estimate of drug-likeness (QED) is 0.638. The molecule has 2 aliphatic carbocycles. The van der Waals surface area contributed by atoms with Gasteiger partial charge in [0.1, 0.15) is 12.3 Å². The summed E-state index contributed by atoms with van der Waals surface area (Å²) in [6.45, 7) is -0.0351. The number of thiazole rings is 1. The Labute approximate surface area is 178 Å². The second-order valence-electron chi connectivity index (χ2n) is 7.60. The third kappa shape index (κ3) is 5.35. The van der Waals surface area contributed by atoms with Crippen molar-refractivity contribution in [1.82, 2.24) is 15.2 Å². The van der Waals surface area contributed by atoms with Gasteiger partial charge in [0, 0.05) is 23.0 Å². The van der Waals surface area contributed by atoms with Crippen LogP contribution in [0.3, 0.4) is 0 Å². The SMILES string of the molecule is COc1ccc(C(=O)N(CC(=O)Nc2nc(CC(=O)NC3CC3)cs2)C2CC2)cc1. The number of nitrogens with one attached hydrogen (secondary N) is 2. The largest absolute Gasteiger partial charge is 0.497 e. The topological polar surface area (TPSA) is 101 Å². The minimum Gasteiger partial charge on any atom is -0.497 e. The molecule has 2 saturated carbocycles. The smallest absolute Gasteiger partial charge is 0.254 e. The Bertz CT molecular complexity index is 935. The van der Waals surface area contributed by atoms with Crippen LogP contribution in [-0.4, -0.2) is 53.3 Å². The Balaban J connectivity index is 1.33. The van der Waals surface area contributed by atoms with Gasteiger partial charge in [0.25, 0.3) is 5.91 Å². The second kappa shape index (κ2) is 8.83. The molecule has 2 aliphatic rings. The fourth-order valence-corrected chi connectivity index (χ4v) is 3.81. The lowest BCUT2D eigenvalue weighted by Crippen LogP contribution is -2.39. The van der Waals surface area contributed by atoms with Crippen LogP contribution in [0.2, 0.25) is 0 Å². The van der Waals surface area contributed by atoms with Crippen LogP contribution in [0.1, 0.15) is 41.7 Å². The van der Waals surface area contributed by atoms with E-state index in [9.17, 15) is 14.4 Å². The van der Waals surface area contributed by atoms with E-state index in [1.165, 1.54) is 11.3 Å². The summed E-state index contributed by atoms with van der Waals surface area (Å²) in [4.78, 5) is 43.2. The molecule has 0 bridgehead atoms. The predicted molar refractivity (Wildman–Crippen MR) is 113 cm³/mol. The van der Waals surface area contributed by atoms with E-state index in [4.69, 9.17) is 4.74 Å². The van der Waals surface area contributed by atoms with Crippen LogP contribution in [0.4, 0.5) is 5.13 Å². The number of rotatable bonds is 9. The van der Waals surface area contributed by atoms with Crippen molar-refractivity contribution in [3.63, 3.8) is 0 Å². The van der Waals surface area contributed by atoms with E-state index in [-0.39, 0.29) is 36.7 Å². The number of nitrogens with zero attached hydrogens (tertiary/aromatic N) is 2. The molecule has 8 nitrogen and oxygen atoms in total. The van der Waals surface area contributed by atoms with Gasteiger partial charge in [0.15, 0.2) is 5.13 Å². The van der Waals surface area contributed by atoms with Crippen molar-refractivity contribution in [2.24, 2.45) is 0 Å². The first-order valence-corrected chi connectivity index (χ1v) is 10.9. The third-order valence-electron chi connectivity index (χ3n) is 4.98. The summed E-state index contributed by atoms with van der Waals surface area (Å²) in [6.07, 6.45) is 4.07. The lowest BCUT2D eigenvalue weighted by molar-refractivity contribution is -0.120. The molecule has 9 heteroatoms.